The Morgan fingerprint density at radius 2 is 2.15 bits per heavy atom. The summed E-state index contributed by atoms with van der Waals surface area (Å²) in [6.45, 7) is 11.0. The van der Waals surface area contributed by atoms with Crippen molar-refractivity contribution < 1.29 is 14.3 Å². The fourth-order valence-electron chi connectivity index (χ4n) is 2.48. The van der Waals surface area contributed by atoms with Gasteiger partial charge >= 0.3 is 6.09 Å². The molecule has 1 fully saturated rings. The Kier molecular flexibility index (Phi) is 6.76. The van der Waals surface area contributed by atoms with Gasteiger partial charge in [0.05, 0.1) is 6.61 Å². The number of hydrogen-bond acceptors (Lipinski definition) is 4. The summed E-state index contributed by atoms with van der Waals surface area (Å²) in [5, 5.41) is 3.52. The molecule has 1 aliphatic heterocycles. The van der Waals surface area contributed by atoms with Gasteiger partial charge in [0.1, 0.15) is 5.60 Å². The number of methoxy groups -OCH3 is 1. The lowest BCUT2D eigenvalue weighted by atomic mass is 9.99. The molecule has 1 N–H and O–H groups in total. The first-order valence-electron chi connectivity index (χ1n) is 7.57. The highest BCUT2D eigenvalue weighted by Crippen LogP contribution is 2.22. The standard InChI is InChI=1S/C15H30N2O3/c1-6-8-16-13(11-19-5)12-7-9-17(10-12)14(18)20-15(2,3)4/h12-13,16H,6-11H2,1-5H3. The molecule has 1 aliphatic rings. The van der Waals surface area contributed by atoms with E-state index in [2.05, 4.69) is 12.2 Å². The van der Waals surface area contributed by atoms with Crippen molar-refractivity contribution in [2.75, 3.05) is 33.4 Å². The van der Waals surface area contributed by atoms with Crippen LogP contribution in [0.5, 0.6) is 0 Å². The van der Waals surface area contributed by atoms with E-state index in [1.54, 1.807) is 7.11 Å². The minimum Gasteiger partial charge on any atom is -0.444 e. The molecule has 0 saturated carbocycles. The number of amides is 1. The van der Waals surface area contributed by atoms with E-state index in [-0.39, 0.29) is 6.09 Å². The van der Waals surface area contributed by atoms with Gasteiger partial charge in [0.15, 0.2) is 0 Å². The van der Waals surface area contributed by atoms with Gasteiger partial charge in [0.2, 0.25) is 0 Å². The minimum absolute atomic E-state index is 0.202. The summed E-state index contributed by atoms with van der Waals surface area (Å²) in [5.74, 6) is 0.439. The number of nitrogens with zero attached hydrogens (tertiary/aromatic N) is 1. The zero-order valence-electron chi connectivity index (χ0n) is 13.6. The molecule has 5 heteroatoms. The summed E-state index contributed by atoms with van der Waals surface area (Å²) in [7, 11) is 1.72. The van der Waals surface area contributed by atoms with Gasteiger partial charge < -0.3 is 19.7 Å². The third kappa shape index (κ3) is 5.67. The van der Waals surface area contributed by atoms with Gasteiger partial charge in [-0.15, -0.1) is 0 Å². The van der Waals surface area contributed by atoms with E-state index in [0.717, 1.165) is 32.5 Å². The molecule has 1 amide bonds. The van der Waals surface area contributed by atoms with Crippen LogP contribution in [0.3, 0.4) is 0 Å². The van der Waals surface area contributed by atoms with E-state index < -0.39 is 5.60 Å². The predicted octanol–water partition coefficient (Wildman–Crippen LogP) is 2.26. The number of hydrogen-bond donors (Lipinski definition) is 1. The van der Waals surface area contributed by atoms with Crippen molar-refractivity contribution >= 4 is 6.09 Å². The second kappa shape index (κ2) is 7.84. The Labute approximate surface area is 123 Å². The predicted molar refractivity (Wildman–Crippen MR) is 79.9 cm³/mol. The van der Waals surface area contributed by atoms with Crippen LogP contribution >= 0.6 is 0 Å². The Hall–Kier alpha value is -0.810. The van der Waals surface area contributed by atoms with E-state index in [0.29, 0.717) is 18.6 Å². The summed E-state index contributed by atoms with van der Waals surface area (Å²) < 4.78 is 10.7. The van der Waals surface area contributed by atoms with E-state index in [9.17, 15) is 4.79 Å². The maximum atomic E-state index is 12.1. The first-order valence-corrected chi connectivity index (χ1v) is 7.57. The average molecular weight is 286 g/mol. The van der Waals surface area contributed by atoms with Crippen molar-refractivity contribution in [2.24, 2.45) is 5.92 Å². The Morgan fingerprint density at radius 3 is 2.70 bits per heavy atom. The summed E-state index contributed by atoms with van der Waals surface area (Å²) in [6.07, 6.45) is 1.90. The fourth-order valence-corrected chi connectivity index (χ4v) is 2.48. The third-order valence-corrected chi connectivity index (χ3v) is 3.45. The van der Waals surface area contributed by atoms with Crippen LogP contribution in [-0.4, -0.2) is 56.0 Å². The smallest absolute Gasteiger partial charge is 0.410 e. The van der Waals surface area contributed by atoms with Crippen LogP contribution in [0.4, 0.5) is 4.79 Å². The van der Waals surface area contributed by atoms with Gasteiger partial charge in [-0.1, -0.05) is 6.92 Å². The molecule has 2 unspecified atom stereocenters. The molecular formula is C15H30N2O3. The molecule has 0 aromatic heterocycles. The van der Waals surface area contributed by atoms with Crippen molar-refractivity contribution in [3.8, 4) is 0 Å². The van der Waals surface area contributed by atoms with Crippen molar-refractivity contribution in [3.05, 3.63) is 0 Å². The lowest BCUT2D eigenvalue weighted by Crippen LogP contribution is -2.42. The highest BCUT2D eigenvalue weighted by Gasteiger charge is 2.33. The van der Waals surface area contributed by atoms with Crippen LogP contribution in [0.2, 0.25) is 0 Å². The van der Waals surface area contributed by atoms with Crippen LogP contribution in [0.15, 0.2) is 0 Å². The summed E-state index contributed by atoms with van der Waals surface area (Å²) >= 11 is 0. The molecule has 1 saturated heterocycles. The largest absolute Gasteiger partial charge is 0.444 e. The van der Waals surface area contributed by atoms with Crippen LogP contribution in [0.1, 0.15) is 40.5 Å². The topological polar surface area (TPSA) is 50.8 Å². The summed E-state index contributed by atoms with van der Waals surface area (Å²) in [6, 6.07) is 0.312. The van der Waals surface area contributed by atoms with Gasteiger partial charge in [-0.3, -0.25) is 0 Å². The fraction of sp³-hybridized carbons (Fsp3) is 0.933. The van der Waals surface area contributed by atoms with Crippen molar-refractivity contribution in [1.82, 2.24) is 10.2 Å². The normalized spacial score (nSPS) is 21.1. The zero-order valence-corrected chi connectivity index (χ0v) is 13.6. The Morgan fingerprint density at radius 1 is 1.45 bits per heavy atom. The number of rotatable bonds is 6. The van der Waals surface area contributed by atoms with Gasteiger partial charge in [-0.25, -0.2) is 4.79 Å². The quantitative estimate of drug-likeness (QED) is 0.813. The molecule has 5 nitrogen and oxygen atoms in total. The third-order valence-electron chi connectivity index (χ3n) is 3.45. The van der Waals surface area contributed by atoms with E-state index >= 15 is 0 Å². The maximum absolute atomic E-state index is 12.1. The molecule has 0 bridgehead atoms. The second-order valence-electron chi connectivity index (χ2n) is 6.49. The lowest BCUT2D eigenvalue weighted by Gasteiger charge is -2.26. The second-order valence-corrected chi connectivity index (χ2v) is 6.49. The molecule has 0 aliphatic carbocycles. The molecule has 2 atom stereocenters. The molecule has 0 radical (unpaired) electrons. The molecule has 20 heavy (non-hydrogen) atoms. The van der Waals surface area contributed by atoms with Crippen LogP contribution in [-0.2, 0) is 9.47 Å². The number of carbonyl (C=O) groups is 1. The molecule has 0 aromatic rings. The molecule has 1 rings (SSSR count). The van der Waals surface area contributed by atoms with E-state index in [1.165, 1.54) is 0 Å². The highest BCUT2D eigenvalue weighted by molar-refractivity contribution is 5.68. The first kappa shape index (κ1) is 17.2. The Balaban J connectivity index is 2.49. The van der Waals surface area contributed by atoms with Gasteiger partial charge in [0, 0.05) is 26.2 Å². The van der Waals surface area contributed by atoms with Crippen molar-refractivity contribution in [3.63, 3.8) is 0 Å². The zero-order chi connectivity index (χ0) is 15.2. The number of carbonyl (C=O) groups excluding carboxylic acids is 1. The Bertz CT molecular complexity index is 302. The van der Waals surface area contributed by atoms with E-state index in [4.69, 9.17) is 9.47 Å². The number of ether oxygens (including phenoxy) is 2. The molecular weight excluding hydrogens is 256 g/mol. The molecule has 0 spiro atoms. The van der Waals surface area contributed by atoms with Crippen molar-refractivity contribution in [1.29, 1.82) is 0 Å². The van der Waals surface area contributed by atoms with Crippen LogP contribution in [0.25, 0.3) is 0 Å². The average Bonchev–Trinajstić information content (AvgIpc) is 2.82. The van der Waals surface area contributed by atoms with Gasteiger partial charge in [-0.05, 0) is 46.1 Å². The monoisotopic (exact) mass is 286 g/mol. The lowest BCUT2D eigenvalue weighted by molar-refractivity contribution is 0.0281. The van der Waals surface area contributed by atoms with Crippen molar-refractivity contribution in [2.45, 2.75) is 52.2 Å². The SMILES string of the molecule is CCCNC(COC)C1CCN(C(=O)OC(C)(C)C)C1. The molecule has 0 aromatic carbocycles. The minimum atomic E-state index is -0.429. The molecule has 1 heterocycles. The summed E-state index contributed by atoms with van der Waals surface area (Å²) in [5.41, 5.74) is -0.429. The van der Waals surface area contributed by atoms with Crippen LogP contribution < -0.4 is 5.32 Å². The summed E-state index contributed by atoms with van der Waals surface area (Å²) in [4.78, 5) is 13.9. The van der Waals surface area contributed by atoms with Crippen LogP contribution in [0, 0.1) is 5.92 Å². The maximum Gasteiger partial charge on any atom is 0.410 e. The van der Waals surface area contributed by atoms with E-state index in [1.807, 2.05) is 25.7 Å². The van der Waals surface area contributed by atoms with Gasteiger partial charge in [-0.2, -0.15) is 0 Å². The molecule has 118 valence electrons. The van der Waals surface area contributed by atoms with Gasteiger partial charge in [0.25, 0.3) is 0 Å². The number of nitrogens with one attached hydrogen (secondary N) is 1. The first-order chi connectivity index (χ1) is 9.37. The number of likely N-dealkylation sites (tertiary alicyclic amines) is 1. The highest BCUT2D eigenvalue weighted by atomic mass is 16.6.